The van der Waals surface area contributed by atoms with Crippen LogP contribution >= 0.6 is 0 Å². The van der Waals surface area contributed by atoms with E-state index in [1.54, 1.807) is 14.2 Å². The summed E-state index contributed by atoms with van der Waals surface area (Å²) in [6.07, 6.45) is 3.92. The van der Waals surface area contributed by atoms with E-state index in [0.29, 0.717) is 35.9 Å². The van der Waals surface area contributed by atoms with Gasteiger partial charge in [-0.2, -0.15) is 10.1 Å². The maximum atomic E-state index is 9.57. The summed E-state index contributed by atoms with van der Waals surface area (Å²) in [4.78, 5) is 13.3. The number of methoxy groups -OCH3 is 2. The van der Waals surface area contributed by atoms with Gasteiger partial charge in [-0.05, 0) is 18.1 Å². The van der Waals surface area contributed by atoms with Crippen molar-refractivity contribution < 1.29 is 14.6 Å². The molecule has 4 rings (SSSR count). The van der Waals surface area contributed by atoms with Gasteiger partial charge < -0.3 is 25.2 Å². The number of ether oxygens (including phenoxy) is 2. The van der Waals surface area contributed by atoms with Gasteiger partial charge in [0, 0.05) is 51.3 Å². The molecule has 1 saturated heterocycles. The molecule has 1 aromatic carbocycles. The Hall–Kier alpha value is -2.95. The van der Waals surface area contributed by atoms with Gasteiger partial charge in [0.05, 0.1) is 33.1 Å². The lowest BCUT2D eigenvalue weighted by Gasteiger charge is -2.39. The quantitative estimate of drug-likeness (QED) is 0.377. The first kappa shape index (κ1) is 25.2. The largest absolute Gasteiger partial charge is 0.496 e. The number of aliphatic hydroxyl groups is 1. The summed E-state index contributed by atoms with van der Waals surface area (Å²) >= 11 is 0. The molecule has 3 heterocycles. The highest BCUT2D eigenvalue weighted by molar-refractivity contribution is 5.86. The fourth-order valence-electron chi connectivity index (χ4n) is 4.65. The number of nitrogen functional groups attached to an aromatic ring is 1. The number of rotatable bonds is 13. The molecule has 190 valence electrons. The third-order valence-electron chi connectivity index (χ3n) is 6.39. The zero-order chi connectivity index (χ0) is 24.8. The molecule has 0 aliphatic carbocycles. The number of nitrogens with two attached hydrogens (primary N) is 1. The van der Waals surface area contributed by atoms with Gasteiger partial charge in [0.25, 0.3) is 0 Å². The number of fused-ring (bicyclic) bond motifs is 1. The monoisotopic (exact) mass is 483 g/mol. The number of hydrogen-bond acceptors (Lipinski definition) is 9. The van der Waals surface area contributed by atoms with Crippen LogP contribution in [-0.4, -0.2) is 83.4 Å². The van der Waals surface area contributed by atoms with E-state index in [4.69, 9.17) is 20.3 Å². The topological polar surface area (TPSA) is 115 Å². The fraction of sp³-hybridized carbons (Fsp3) is 0.560. The average Bonchev–Trinajstić information content (AvgIpc) is 3.22. The van der Waals surface area contributed by atoms with Crippen molar-refractivity contribution in [2.45, 2.75) is 32.9 Å². The van der Waals surface area contributed by atoms with Gasteiger partial charge in [0.15, 0.2) is 11.3 Å². The van der Waals surface area contributed by atoms with Crippen LogP contribution in [0.5, 0.6) is 5.75 Å². The molecular weight excluding hydrogens is 446 g/mol. The van der Waals surface area contributed by atoms with Gasteiger partial charge in [0.2, 0.25) is 5.95 Å². The molecule has 35 heavy (non-hydrogen) atoms. The van der Waals surface area contributed by atoms with Crippen LogP contribution in [0.1, 0.15) is 30.9 Å². The fourth-order valence-corrected chi connectivity index (χ4v) is 4.65. The Kier molecular flexibility index (Phi) is 8.37. The van der Waals surface area contributed by atoms with Gasteiger partial charge in [0.1, 0.15) is 11.3 Å². The average molecular weight is 484 g/mol. The van der Waals surface area contributed by atoms with E-state index in [0.717, 1.165) is 56.9 Å². The van der Waals surface area contributed by atoms with Gasteiger partial charge in [-0.1, -0.05) is 25.5 Å². The molecule has 0 bridgehead atoms. The minimum atomic E-state index is 0.0316. The van der Waals surface area contributed by atoms with Crippen LogP contribution in [0, 0.1) is 5.92 Å². The maximum absolute atomic E-state index is 9.57. The number of aliphatic hydroxyl groups excluding tert-OH is 1. The lowest BCUT2D eigenvalue weighted by Crippen LogP contribution is -2.47. The van der Waals surface area contributed by atoms with Crippen molar-refractivity contribution >= 4 is 22.8 Å². The summed E-state index contributed by atoms with van der Waals surface area (Å²) in [6.45, 7) is 7.80. The van der Waals surface area contributed by atoms with E-state index >= 15 is 0 Å². The van der Waals surface area contributed by atoms with Crippen LogP contribution in [0.15, 0.2) is 24.4 Å². The van der Waals surface area contributed by atoms with Crippen molar-refractivity contribution in [2.24, 2.45) is 5.92 Å². The van der Waals surface area contributed by atoms with E-state index in [1.165, 1.54) is 5.56 Å². The Balaban J connectivity index is 1.53. The molecule has 0 radical (unpaired) electrons. The third-order valence-corrected chi connectivity index (χ3v) is 6.39. The molecule has 10 nitrogen and oxygen atoms in total. The smallest absolute Gasteiger partial charge is 0.222 e. The standard InChI is InChI=1S/C25H37N7O3/c1-4-5-8-31(9-10-33)24-23-21(27-25(26)28-24)16-32(29-23)15-20-7-6-18(11-22(20)35-3)12-30-13-19(14-30)17-34-2/h6-7,11,16,19,33H,4-5,8-10,12-15,17H2,1-3H3,(H2,26,27). The second kappa shape index (κ2) is 11.7. The van der Waals surface area contributed by atoms with Crippen molar-refractivity contribution in [3.8, 4) is 5.75 Å². The SMILES string of the molecule is CCCCN(CCO)c1nc(N)nc2cn(Cc3ccc(CN4CC(COC)C4)cc3OC)nc12. The Morgan fingerprint density at radius 3 is 2.71 bits per heavy atom. The van der Waals surface area contributed by atoms with Gasteiger partial charge in [-0.15, -0.1) is 0 Å². The Morgan fingerprint density at radius 2 is 2.00 bits per heavy atom. The first-order valence-electron chi connectivity index (χ1n) is 12.3. The third kappa shape index (κ3) is 6.01. The van der Waals surface area contributed by atoms with Crippen LogP contribution in [0.4, 0.5) is 11.8 Å². The summed E-state index contributed by atoms with van der Waals surface area (Å²) in [5.74, 6) is 2.34. The minimum absolute atomic E-state index is 0.0316. The van der Waals surface area contributed by atoms with Crippen LogP contribution in [0.3, 0.4) is 0 Å². The Labute approximate surface area is 206 Å². The van der Waals surface area contributed by atoms with Crippen molar-refractivity contribution in [3.63, 3.8) is 0 Å². The highest BCUT2D eigenvalue weighted by Gasteiger charge is 2.26. The van der Waals surface area contributed by atoms with Crippen molar-refractivity contribution in [3.05, 3.63) is 35.5 Å². The molecule has 1 aliphatic heterocycles. The first-order valence-corrected chi connectivity index (χ1v) is 12.3. The molecule has 3 aromatic rings. The second-order valence-corrected chi connectivity index (χ2v) is 9.19. The van der Waals surface area contributed by atoms with Gasteiger partial charge in [-0.25, -0.2) is 4.98 Å². The number of aromatic nitrogens is 4. The Morgan fingerprint density at radius 1 is 1.17 bits per heavy atom. The molecule has 3 N–H and O–H groups in total. The Bertz CT molecular complexity index is 1110. The molecule has 0 amide bonds. The molecule has 1 fully saturated rings. The molecular formula is C25H37N7O3. The molecule has 2 aromatic heterocycles. The summed E-state index contributed by atoms with van der Waals surface area (Å²) in [6, 6.07) is 6.37. The van der Waals surface area contributed by atoms with Crippen LogP contribution in [-0.2, 0) is 17.8 Å². The van der Waals surface area contributed by atoms with E-state index < -0.39 is 0 Å². The highest BCUT2D eigenvalue weighted by atomic mass is 16.5. The lowest BCUT2D eigenvalue weighted by atomic mass is 10.00. The number of anilines is 2. The number of benzene rings is 1. The zero-order valence-corrected chi connectivity index (χ0v) is 21.0. The van der Waals surface area contributed by atoms with Crippen LogP contribution < -0.4 is 15.4 Å². The predicted molar refractivity (Wildman–Crippen MR) is 137 cm³/mol. The van der Waals surface area contributed by atoms with E-state index in [1.807, 2.05) is 15.8 Å². The van der Waals surface area contributed by atoms with Gasteiger partial charge >= 0.3 is 0 Å². The first-order chi connectivity index (χ1) is 17.0. The summed E-state index contributed by atoms with van der Waals surface area (Å²) in [5.41, 5.74) is 9.64. The second-order valence-electron chi connectivity index (χ2n) is 9.19. The predicted octanol–water partition coefficient (Wildman–Crippen LogP) is 2.14. The summed E-state index contributed by atoms with van der Waals surface area (Å²) < 4.78 is 12.8. The number of hydrogen-bond donors (Lipinski definition) is 2. The minimum Gasteiger partial charge on any atom is -0.496 e. The lowest BCUT2D eigenvalue weighted by molar-refractivity contribution is 0.0293. The summed E-state index contributed by atoms with van der Waals surface area (Å²) in [7, 11) is 3.46. The summed E-state index contributed by atoms with van der Waals surface area (Å²) in [5, 5.41) is 14.4. The van der Waals surface area contributed by atoms with Crippen molar-refractivity contribution in [1.29, 1.82) is 0 Å². The maximum Gasteiger partial charge on any atom is 0.222 e. The number of likely N-dealkylation sites (tertiary alicyclic amines) is 1. The van der Waals surface area contributed by atoms with E-state index in [2.05, 4.69) is 40.0 Å². The van der Waals surface area contributed by atoms with Crippen LogP contribution in [0.2, 0.25) is 0 Å². The van der Waals surface area contributed by atoms with E-state index in [9.17, 15) is 5.11 Å². The number of nitrogens with zero attached hydrogens (tertiary/aromatic N) is 6. The molecule has 1 aliphatic rings. The number of unbranched alkanes of at least 4 members (excludes halogenated alkanes) is 1. The molecule has 0 atom stereocenters. The normalized spacial score (nSPS) is 14.4. The molecule has 0 saturated carbocycles. The van der Waals surface area contributed by atoms with Crippen molar-refractivity contribution in [2.75, 3.05) is 64.2 Å². The molecule has 10 heteroatoms. The van der Waals surface area contributed by atoms with Gasteiger partial charge in [-0.3, -0.25) is 9.58 Å². The molecule has 0 unspecified atom stereocenters. The van der Waals surface area contributed by atoms with E-state index in [-0.39, 0.29) is 12.6 Å². The zero-order valence-electron chi connectivity index (χ0n) is 21.0. The van der Waals surface area contributed by atoms with Crippen molar-refractivity contribution in [1.82, 2.24) is 24.6 Å². The molecule has 0 spiro atoms. The van der Waals surface area contributed by atoms with Crippen LogP contribution in [0.25, 0.3) is 11.0 Å². The highest BCUT2D eigenvalue weighted by Crippen LogP contribution is 2.27.